The molecule has 0 heterocycles. The van der Waals surface area contributed by atoms with Crippen LogP contribution in [0.15, 0.2) is 0 Å². The molecular formula is C11H21F2NO. The van der Waals surface area contributed by atoms with Crippen molar-refractivity contribution < 1.29 is 13.9 Å². The molecule has 4 heteroatoms. The molecule has 0 aromatic heterocycles. The molecule has 0 amide bonds. The lowest BCUT2D eigenvalue weighted by molar-refractivity contribution is -0.194. The number of halogens is 2. The van der Waals surface area contributed by atoms with E-state index in [2.05, 4.69) is 13.8 Å². The van der Waals surface area contributed by atoms with Gasteiger partial charge >= 0.3 is 0 Å². The summed E-state index contributed by atoms with van der Waals surface area (Å²) >= 11 is 0. The Morgan fingerprint density at radius 3 is 2.20 bits per heavy atom. The summed E-state index contributed by atoms with van der Waals surface area (Å²) in [5.74, 6) is -2.19. The molecule has 0 saturated heterocycles. The van der Waals surface area contributed by atoms with Crippen LogP contribution in [-0.4, -0.2) is 23.2 Å². The van der Waals surface area contributed by atoms with Gasteiger partial charge in [-0.05, 0) is 37.5 Å². The Morgan fingerprint density at radius 1 is 1.40 bits per heavy atom. The highest BCUT2D eigenvalue weighted by Crippen LogP contribution is 2.43. The van der Waals surface area contributed by atoms with Crippen LogP contribution in [0.4, 0.5) is 8.78 Å². The van der Waals surface area contributed by atoms with Crippen LogP contribution in [-0.2, 0) is 0 Å². The number of rotatable bonds is 3. The molecule has 90 valence electrons. The SMILES string of the molecule is CC(C)C1CCC(O)(C(F)(F)CN)CC1. The summed E-state index contributed by atoms with van der Waals surface area (Å²) in [5, 5.41) is 9.87. The van der Waals surface area contributed by atoms with E-state index in [1.54, 1.807) is 0 Å². The Balaban J connectivity index is 2.62. The Kier molecular flexibility index (Phi) is 3.71. The third-order valence-corrected chi connectivity index (χ3v) is 3.74. The van der Waals surface area contributed by atoms with Gasteiger partial charge in [0.1, 0.15) is 5.60 Å². The van der Waals surface area contributed by atoms with Crippen molar-refractivity contribution in [2.24, 2.45) is 17.6 Å². The van der Waals surface area contributed by atoms with Gasteiger partial charge in [-0.15, -0.1) is 0 Å². The lowest BCUT2D eigenvalue weighted by atomic mass is 9.72. The molecule has 0 atom stereocenters. The van der Waals surface area contributed by atoms with Crippen LogP contribution in [0.1, 0.15) is 39.5 Å². The monoisotopic (exact) mass is 221 g/mol. The van der Waals surface area contributed by atoms with Crippen molar-refractivity contribution in [2.45, 2.75) is 51.1 Å². The number of aliphatic hydroxyl groups is 1. The lowest BCUT2D eigenvalue weighted by Crippen LogP contribution is -2.54. The maximum atomic E-state index is 13.4. The smallest absolute Gasteiger partial charge is 0.288 e. The number of hydrogen-bond acceptors (Lipinski definition) is 2. The lowest BCUT2D eigenvalue weighted by Gasteiger charge is -2.41. The molecule has 2 nitrogen and oxygen atoms in total. The van der Waals surface area contributed by atoms with Crippen LogP contribution >= 0.6 is 0 Å². The zero-order valence-electron chi connectivity index (χ0n) is 9.47. The highest BCUT2D eigenvalue weighted by Gasteiger charge is 2.52. The molecule has 0 spiro atoms. The van der Waals surface area contributed by atoms with Crippen molar-refractivity contribution >= 4 is 0 Å². The van der Waals surface area contributed by atoms with Crippen molar-refractivity contribution in [1.82, 2.24) is 0 Å². The third-order valence-electron chi connectivity index (χ3n) is 3.74. The summed E-state index contributed by atoms with van der Waals surface area (Å²) in [6.07, 6.45) is 1.67. The van der Waals surface area contributed by atoms with E-state index >= 15 is 0 Å². The van der Waals surface area contributed by atoms with Crippen molar-refractivity contribution in [3.63, 3.8) is 0 Å². The quantitative estimate of drug-likeness (QED) is 0.767. The van der Waals surface area contributed by atoms with Crippen molar-refractivity contribution in [3.8, 4) is 0 Å². The van der Waals surface area contributed by atoms with Gasteiger partial charge < -0.3 is 10.8 Å². The molecule has 0 aromatic rings. The molecule has 15 heavy (non-hydrogen) atoms. The molecule has 0 aliphatic heterocycles. The molecule has 0 radical (unpaired) electrons. The van der Waals surface area contributed by atoms with Gasteiger partial charge in [0.25, 0.3) is 5.92 Å². The Hall–Kier alpha value is -0.220. The van der Waals surface area contributed by atoms with E-state index in [1.165, 1.54) is 0 Å². The maximum absolute atomic E-state index is 13.4. The fourth-order valence-electron chi connectivity index (χ4n) is 2.34. The standard InChI is InChI=1S/C11H21F2NO/c1-8(2)9-3-5-10(15,6-4-9)11(12,13)7-14/h8-9,15H,3-7,14H2,1-2H3. The molecule has 1 fully saturated rings. The van der Waals surface area contributed by atoms with Crippen molar-refractivity contribution in [2.75, 3.05) is 6.54 Å². The summed E-state index contributed by atoms with van der Waals surface area (Å²) in [6, 6.07) is 0. The van der Waals surface area contributed by atoms with Gasteiger partial charge in [-0.1, -0.05) is 13.8 Å². The van der Waals surface area contributed by atoms with Gasteiger partial charge in [0.2, 0.25) is 0 Å². The summed E-state index contributed by atoms with van der Waals surface area (Å²) in [6.45, 7) is 3.42. The zero-order valence-corrected chi connectivity index (χ0v) is 9.47. The van der Waals surface area contributed by atoms with E-state index in [1.807, 2.05) is 0 Å². The third kappa shape index (κ3) is 2.48. The minimum absolute atomic E-state index is 0.167. The van der Waals surface area contributed by atoms with E-state index in [4.69, 9.17) is 5.73 Å². The van der Waals surface area contributed by atoms with E-state index in [0.717, 1.165) is 0 Å². The van der Waals surface area contributed by atoms with Gasteiger partial charge in [0.05, 0.1) is 6.54 Å². The maximum Gasteiger partial charge on any atom is 0.288 e. The molecule has 1 rings (SSSR count). The highest BCUT2D eigenvalue weighted by atomic mass is 19.3. The first-order chi connectivity index (χ1) is 6.82. The molecule has 1 aliphatic rings. The normalized spacial score (nSPS) is 33.4. The average molecular weight is 221 g/mol. The molecule has 0 aromatic carbocycles. The first-order valence-electron chi connectivity index (χ1n) is 5.63. The molecule has 0 bridgehead atoms. The molecule has 1 saturated carbocycles. The number of nitrogens with two attached hydrogens (primary N) is 1. The Morgan fingerprint density at radius 2 is 1.87 bits per heavy atom. The van der Waals surface area contributed by atoms with Gasteiger partial charge in [-0.3, -0.25) is 0 Å². The van der Waals surface area contributed by atoms with Gasteiger partial charge in [-0.2, -0.15) is 0 Å². The van der Waals surface area contributed by atoms with Crippen LogP contribution in [0.3, 0.4) is 0 Å². The predicted octanol–water partition coefficient (Wildman–Crippen LogP) is 2.16. The molecule has 0 unspecified atom stereocenters. The Bertz CT molecular complexity index is 211. The van der Waals surface area contributed by atoms with Gasteiger partial charge in [0.15, 0.2) is 0 Å². The highest BCUT2D eigenvalue weighted by molar-refractivity contribution is 4.97. The Labute approximate surface area is 89.8 Å². The van der Waals surface area contributed by atoms with E-state index in [0.29, 0.717) is 24.7 Å². The summed E-state index contributed by atoms with van der Waals surface area (Å²) in [5.41, 5.74) is 3.14. The predicted molar refractivity (Wildman–Crippen MR) is 55.7 cm³/mol. The van der Waals surface area contributed by atoms with Crippen LogP contribution in [0.2, 0.25) is 0 Å². The van der Waals surface area contributed by atoms with Crippen molar-refractivity contribution in [3.05, 3.63) is 0 Å². The molecular weight excluding hydrogens is 200 g/mol. The van der Waals surface area contributed by atoms with E-state index in [-0.39, 0.29) is 12.8 Å². The summed E-state index contributed by atoms with van der Waals surface area (Å²) in [4.78, 5) is 0. The van der Waals surface area contributed by atoms with Crippen LogP contribution < -0.4 is 5.73 Å². The molecule has 3 N–H and O–H groups in total. The number of alkyl halides is 2. The topological polar surface area (TPSA) is 46.2 Å². The minimum atomic E-state index is -3.14. The largest absolute Gasteiger partial charge is 0.384 e. The average Bonchev–Trinajstić information content (AvgIpc) is 2.18. The van der Waals surface area contributed by atoms with E-state index < -0.39 is 18.1 Å². The second-order valence-electron chi connectivity index (χ2n) is 5.02. The fraction of sp³-hybridized carbons (Fsp3) is 1.00. The van der Waals surface area contributed by atoms with Crippen LogP contribution in [0, 0.1) is 11.8 Å². The van der Waals surface area contributed by atoms with Crippen LogP contribution in [0.25, 0.3) is 0 Å². The number of hydrogen-bond donors (Lipinski definition) is 2. The summed E-state index contributed by atoms with van der Waals surface area (Å²) < 4.78 is 26.8. The van der Waals surface area contributed by atoms with Gasteiger partial charge in [0, 0.05) is 0 Å². The summed E-state index contributed by atoms with van der Waals surface area (Å²) in [7, 11) is 0. The zero-order chi connectivity index (χ0) is 11.7. The van der Waals surface area contributed by atoms with Crippen molar-refractivity contribution in [1.29, 1.82) is 0 Å². The molecule has 1 aliphatic carbocycles. The minimum Gasteiger partial charge on any atom is -0.384 e. The first kappa shape index (κ1) is 12.8. The van der Waals surface area contributed by atoms with E-state index in [9.17, 15) is 13.9 Å². The first-order valence-corrected chi connectivity index (χ1v) is 5.63. The fourth-order valence-corrected chi connectivity index (χ4v) is 2.34. The second kappa shape index (κ2) is 4.34. The van der Waals surface area contributed by atoms with Crippen LogP contribution in [0.5, 0.6) is 0 Å². The van der Waals surface area contributed by atoms with Gasteiger partial charge in [-0.25, -0.2) is 8.78 Å². The second-order valence-corrected chi connectivity index (χ2v) is 5.02.